The van der Waals surface area contributed by atoms with Gasteiger partial charge in [-0.05, 0) is 23.8 Å². The molecule has 0 bridgehead atoms. The van der Waals surface area contributed by atoms with Crippen molar-refractivity contribution in [3.63, 3.8) is 0 Å². The van der Waals surface area contributed by atoms with E-state index in [4.69, 9.17) is 16.7 Å². The van der Waals surface area contributed by atoms with Gasteiger partial charge in [0.1, 0.15) is 0 Å². The van der Waals surface area contributed by atoms with Crippen molar-refractivity contribution < 1.29 is 8.42 Å². The van der Waals surface area contributed by atoms with E-state index in [0.29, 0.717) is 18.1 Å². The Morgan fingerprint density at radius 2 is 2.12 bits per heavy atom. The van der Waals surface area contributed by atoms with Gasteiger partial charge in [-0.15, -0.1) is 0 Å². The molecule has 0 atom stereocenters. The van der Waals surface area contributed by atoms with E-state index >= 15 is 0 Å². The first-order valence-electron chi connectivity index (χ1n) is 4.53. The Kier molecular flexibility index (Phi) is 5.20. The van der Waals surface area contributed by atoms with E-state index in [1.165, 1.54) is 0 Å². The average molecular weight is 328 g/mol. The van der Waals surface area contributed by atoms with Gasteiger partial charge in [0.25, 0.3) is 0 Å². The van der Waals surface area contributed by atoms with Gasteiger partial charge in [0, 0.05) is 22.6 Å². The summed E-state index contributed by atoms with van der Waals surface area (Å²) in [5, 5.41) is 8.49. The largest absolute Gasteiger partial charge is 0.312 e. The van der Waals surface area contributed by atoms with Crippen LogP contribution >= 0.6 is 27.5 Å². The Morgan fingerprint density at radius 1 is 1.44 bits per heavy atom. The van der Waals surface area contributed by atoms with Gasteiger partial charge in [0.05, 0.1) is 5.75 Å². The second-order valence-corrected chi connectivity index (χ2v) is 6.30. The fourth-order valence-corrected chi connectivity index (χ4v) is 2.13. The van der Waals surface area contributed by atoms with Crippen LogP contribution < -0.4 is 10.5 Å². The third-order valence-corrected chi connectivity index (χ3v) is 3.67. The first kappa shape index (κ1) is 13.9. The summed E-state index contributed by atoms with van der Waals surface area (Å²) in [6.07, 6.45) is 0. The van der Waals surface area contributed by atoms with Crippen LogP contribution in [0.1, 0.15) is 5.56 Å². The first-order valence-corrected chi connectivity index (χ1v) is 7.42. The minimum Gasteiger partial charge on any atom is -0.312 e. The fraction of sp³-hybridized carbons (Fsp3) is 0.333. The van der Waals surface area contributed by atoms with Crippen molar-refractivity contribution in [3.05, 3.63) is 33.3 Å². The molecule has 0 saturated heterocycles. The molecule has 0 amide bonds. The standard InChI is InChI=1S/C9H12BrClN2O2S/c10-9-2-1-8(11)5-7(9)6-13-3-4-16(12,14)15/h1-2,5,13H,3-4,6H2,(H2,12,14,15). The number of sulfonamides is 1. The lowest BCUT2D eigenvalue weighted by Gasteiger charge is -2.06. The third-order valence-electron chi connectivity index (χ3n) is 1.89. The predicted molar refractivity (Wildman–Crippen MR) is 68.8 cm³/mol. The zero-order valence-electron chi connectivity index (χ0n) is 8.41. The van der Waals surface area contributed by atoms with Crippen LogP contribution in [0.4, 0.5) is 0 Å². The Labute approximate surface area is 108 Å². The molecule has 4 nitrogen and oxygen atoms in total. The van der Waals surface area contributed by atoms with Crippen molar-refractivity contribution >= 4 is 37.6 Å². The first-order chi connectivity index (χ1) is 7.38. The van der Waals surface area contributed by atoms with Gasteiger partial charge in [0.2, 0.25) is 10.0 Å². The molecule has 0 unspecified atom stereocenters. The zero-order valence-corrected chi connectivity index (χ0v) is 11.6. The number of nitrogens with one attached hydrogen (secondary N) is 1. The van der Waals surface area contributed by atoms with Crippen LogP contribution in [0.2, 0.25) is 5.02 Å². The lowest BCUT2D eigenvalue weighted by molar-refractivity contribution is 0.592. The van der Waals surface area contributed by atoms with Gasteiger partial charge in [-0.3, -0.25) is 0 Å². The highest BCUT2D eigenvalue weighted by atomic mass is 79.9. The third kappa shape index (κ3) is 5.27. The summed E-state index contributed by atoms with van der Waals surface area (Å²) in [5.74, 6) is -0.0782. The average Bonchev–Trinajstić information content (AvgIpc) is 2.16. The van der Waals surface area contributed by atoms with Gasteiger partial charge in [-0.2, -0.15) is 0 Å². The number of benzene rings is 1. The summed E-state index contributed by atoms with van der Waals surface area (Å²) >= 11 is 9.22. The molecular weight excluding hydrogens is 316 g/mol. The molecule has 0 saturated carbocycles. The molecule has 16 heavy (non-hydrogen) atoms. The van der Waals surface area contributed by atoms with Crippen LogP contribution in [-0.4, -0.2) is 20.7 Å². The molecular formula is C9H12BrClN2O2S. The summed E-state index contributed by atoms with van der Waals surface area (Å²) in [7, 11) is -3.40. The maximum absolute atomic E-state index is 10.7. The van der Waals surface area contributed by atoms with Crippen molar-refractivity contribution in [2.45, 2.75) is 6.54 Å². The summed E-state index contributed by atoms with van der Waals surface area (Å²) < 4.78 is 22.3. The molecule has 0 aliphatic heterocycles. The lowest BCUT2D eigenvalue weighted by atomic mass is 10.2. The van der Waals surface area contributed by atoms with Gasteiger partial charge >= 0.3 is 0 Å². The number of rotatable bonds is 5. The van der Waals surface area contributed by atoms with Crippen LogP contribution in [-0.2, 0) is 16.6 Å². The number of nitrogens with two attached hydrogens (primary N) is 1. The minimum atomic E-state index is -3.40. The van der Waals surface area contributed by atoms with Crippen molar-refractivity contribution in [1.29, 1.82) is 0 Å². The van der Waals surface area contributed by atoms with Crippen molar-refractivity contribution in [1.82, 2.24) is 5.32 Å². The van der Waals surface area contributed by atoms with Gasteiger partial charge in [0.15, 0.2) is 0 Å². The number of primary sulfonamides is 1. The number of hydrogen-bond acceptors (Lipinski definition) is 3. The highest BCUT2D eigenvalue weighted by Gasteiger charge is 2.03. The summed E-state index contributed by atoms with van der Waals surface area (Å²) in [6, 6.07) is 5.44. The van der Waals surface area contributed by atoms with Crippen molar-refractivity contribution in [2.75, 3.05) is 12.3 Å². The molecule has 0 spiro atoms. The quantitative estimate of drug-likeness (QED) is 0.805. The highest BCUT2D eigenvalue weighted by Crippen LogP contribution is 2.20. The Morgan fingerprint density at radius 3 is 2.75 bits per heavy atom. The van der Waals surface area contributed by atoms with Crippen molar-refractivity contribution in [3.8, 4) is 0 Å². The number of halogens is 2. The van der Waals surface area contributed by atoms with Crippen LogP contribution in [0.3, 0.4) is 0 Å². The molecule has 0 aliphatic carbocycles. The van der Waals surface area contributed by atoms with Gasteiger partial charge < -0.3 is 5.32 Å². The highest BCUT2D eigenvalue weighted by molar-refractivity contribution is 9.10. The Balaban J connectivity index is 2.46. The second kappa shape index (κ2) is 5.97. The molecule has 0 radical (unpaired) electrons. The van der Waals surface area contributed by atoms with E-state index in [1.54, 1.807) is 6.07 Å². The minimum absolute atomic E-state index is 0.0782. The number of hydrogen-bond donors (Lipinski definition) is 2. The van der Waals surface area contributed by atoms with E-state index in [2.05, 4.69) is 21.2 Å². The molecule has 1 aromatic carbocycles. The molecule has 7 heteroatoms. The lowest BCUT2D eigenvalue weighted by Crippen LogP contribution is -2.26. The summed E-state index contributed by atoms with van der Waals surface area (Å²) in [6.45, 7) is 0.856. The van der Waals surface area contributed by atoms with Gasteiger partial charge in [-0.1, -0.05) is 27.5 Å². The second-order valence-electron chi connectivity index (χ2n) is 3.28. The summed E-state index contributed by atoms with van der Waals surface area (Å²) in [5.41, 5.74) is 0.974. The molecule has 0 fully saturated rings. The van der Waals surface area contributed by atoms with Crippen LogP contribution in [0.5, 0.6) is 0 Å². The molecule has 90 valence electrons. The Hall–Kier alpha value is -0.140. The van der Waals surface area contributed by atoms with Gasteiger partial charge in [-0.25, -0.2) is 13.6 Å². The van der Waals surface area contributed by atoms with E-state index < -0.39 is 10.0 Å². The molecule has 0 aliphatic rings. The molecule has 3 N–H and O–H groups in total. The fourth-order valence-electron chi connectivity index (χ4n) is 1.12. The topological polar surface area (TPSA) is 72.2 Å². The zero-order chi connectivity index (χ0) is 12.2. The Bertz CT molecular complexity index is 465. The van der Waals surface area contributed by atoms with Crippen molar-refractivity contribution in [2.24, 2.45) is 5.14 Å². The van der Waals surface area contributed by atoms with E-state index in [-0.39, 0.29) is 5.75 Å². The molecule has 0 heterocycles. The van der Waals surface area contributed by atoms with E-state index in [1.807, 2.05) is 12.1 Å². The SMILES string of the molecule is NS(=O)(=O)CCNCc1cc(Cl)ccc1Br. The van der Waals surface area contributed by atoms with E-state index in [9.17, 15) is 8.42 Å². The monoisotopic (exact) mass is 326 g/mol. The smallest absolute Gasteiger partial charge is 0.210 e. The summed E-state index contributed by atoms with van der Waals surface area (Å²) in [4.78, 5) is 0. The van der Waals surface area contributed by atoms with Crippen LogP contribution in [0.15, 0.2) is 22.7 Å². The molecule has 1 rings (SSSR count). The van der Waals surface area contributed by atoms with Crippen LogP contribution in [0.25, 0.3) is 0 Å². The van der Waals surface area contributed by atoms with E-state index in [0.717, 1.165) is 10.0 Å². The normalized spacial score (nSPS) is 11.7. The predicted octanol–water partition coefficient (Wildman–Crippen LogP) is 1.48. The maximum Gasteiger partial charge on any atom is 0.210 e. The molecule has 0 aromatic heterocycles. The molecule has 1 aromatic rings. The maximum atomic E-state index is 10.7. The van der Waals surface area contributed by atoms with Crippen LogP contribution in [0, 0.1) is 0 Å².